The zero-order valence-electron chi connectivity index (χ0n) is 42.5. The van der Waals surface area contributed by atoms with Gasteiger partial charge in [-0.15, -0.1) is 0 Å². The molecule has 0 radical (unpaired) electrons. The minimum Gasteiger partial charge on any atom is -0.394 e. The van der Waals surface area contributed by atoms with Crippen molar-refractivity contribution >= 4 is 16.3 Å². The molecule has 13 heteroatoms. The van der Waals surface area contributed by atoms with Gasteiger partial charge in [0.1, 0.15) is 24.4 Å². The van der Waals surface area contributed by atoms with E-state index in [1.165, 1.54) is 199 Å². The highest BCUT2D eigenvalue weighted by Gasteiger charge is 2.48. The van der Waals surface area contributed by atoms with Crippen LogP contribution in [-0.2, 0) is 28.9 Å². The molecule has 394 valence electrons. The molecule has 6 N–H and O–H groups in total. The second-order valence-corrected chi connectivity index (χ2v) is 20.9. The second kappa shape index (κ2) is 44.1. The molecule has 1 rings (SSSR count). The first-order chi connectivity index (χ1) is 32.0. The maximum atomic E-state index is 13.1. The Kier molecular flexibility index (Phi) is 42.1. The molecular weight excluding hydrogens is 859 g/mol. The highest BCUT2D eigenvalue weighted by Crippen LogP contribution is 2.26. The van der Waals surface area contributed by atoms with Crippen LogP contribution in [0.4, 0.5) is 0 Å². The molecule has 12 nitrogen and oxygen atoms in total. The lowest BCUT2D eigenvalue weighted by molar-refractivity contribution is -0.298. The molecule has 0 aliphatic carbocycles. The van der Waals surface area contributed by atoms with Gasteiger partial charge in [0.15, 0.2) is 6.29 Å². The first-order valence-corrected chi connectivity index (χ1v) is 29.3. The maximum Gasteiger partial charge on any atom is 0.397 e. The van der Waals surface area contributed by atoms with Gasteiger partial charge in [0, 0.05) is 6.42 Å². The topological polar surface area (TPSA) is 192 Å². The molecular formula is C53H105NO11S. The lowest BCUT2D eigenvalue weighted by atomic mass is 9.99. The summed E-state index contributed by atoms with van der Waals surface area (Å²) < 4.78 is 47.9. The Hall–Kier alpha value is -0.900. The van der Waals surface area contributed by atoms with Gasteiger partial charge in [-0.1, -0.05) is 258 Å². The lowest BCUT2D eigenvalue weighted by Gasteiger charge is -2.41. The Morgan fingerprint density at radius 2 is 0.879 bits per heavy atom. The van der Waals surface area contributed by atoms with Crippen molar-refractivity contribution in [2.75, 3.05) is 13.2 Å². The average Bonchev–Trinajstić information content (AvgIpc) is 3.29. The molecule has 1 aliphatic heterocycles. The molecule has 66 heavy (non-hydrogen) atoms. The van der Waals surface area contributed by atoms with Gasteiger partial charge in [-0.05, 0) is 12.8 Å². The molecule has 0 aromatic heterocycles. The van der Waals surface area contributed by atoms with Crippen molar-refractivity contribution in [1.82, 2.24) is 5.32 Å². The third-order valence-electron chi connectivity index (χ3n) is 13.7. The van der Waals surface area contributed by atoms with Crippen LogP contribution in [0, 0.1) is 0 Å². The van der Waals surface area contributed by atoms with Gasteiger partial charge >= 0.3 is 10.4 Å². The molecule has 7 atom stereocenters. The van der Waals surface area contributed by atoms with Crippen LogP contribution >= 0.6 is 0 Å². The summed E-state index contributed by atoms with van der Waals surface area (Å²) in [4.78, 5) is 13.1. The van der Waals surface area contributed by atoms with Crippen LogP contribution in [0.2, 0.25) is 0 Å². The highest BCUT2D eigenvalue weighted by molar-refractivity contribution is 7.80. The first kappa shape index (κ1) is 63.1. The lowest BCUT2D eigenvalue weighted by Crippen LogP contribution is -2.61. The molecule has 1 heterocycles. The van der Waals surface area contributed by atoms with E-state index in [0.717, 1.165) is 51.4 Å². The molecule has 1 aliphatic rings. The van der Waals surface area contributed by atoms with Gasteiger partial charge in [0.05, 0.1) is 25.4 Å². The van der Waals surface area contributed by atoms with E-state index in [4.69, 9.17) is 9.47 Å². The summed E-state index contributed by atoms with van der Waals surface area (Å²) in [7, 11) is -5.08. The molecule has 1 saturated heterocycles. The second-order valence-electron chi connectivity index (χ2n) is 19.9. The van der Waals surface area contributed by atoms with Gasteiger partial charge in [-0.25, -0.2) is 4.18 Å². The van der Waals surface area contributed by atoms with Crippen LogP contribution in [0.3, 0.4) is 0 Å². The van der Waals surface area contributed by atoms with Gasteiger partial charge in [-0.2, -0.15) is 8.42 Å². The van der Waals surface area contributed by atoms with E-state index in [0.29, 0.717) is 12.8 Å². The van der Waals surface area contributed by atoms with Crippen molar-refractivity contribution in [2.45, 2.75) is 320 Å². The van der Waals surface area contributed by atoms with E-state index < -0.39 is 59.9 Å². The Bertz CT molecular complexity index is 1180. The van der Waals surface area contributed by atoms with Gasteiger partial charge in [-0.3, -0.25) is 9.35 Å². The average molecular weight is 964 g/mol. The summed E-state index contributed by atoms with van der Waals surface area (Å²) in [5.74, 6) is -0.223. The number of amides is 1. The van der Waals surface area contributed by atoms with Gasteiger partial charge in [0.2, 0.25) is 5.91 Å². The maximum absolute atomic E-state index is 13.1. The number of aliphatic hydroxyl groups is 4. The Morgan fingerprint density at radius 1 is 0.545 bits per heavy atom. The van der Waals surface area contributed by atoms with Crippen molar-refractivity contribution in [2.24, 2.45) is 0 Å². The van der Waals surface area contributed by atoms with Gasteiger partial charge in [0.25, 0.3) is 0 Å². The largest absolute Gasteiger partial charge is 0.397 e. The Balaban J connectivity index is 2.36. The molecule has 1 fully saturated rings. The fourth-order valence-electron chi connectivity index (χ4n) is 9.35. The molecule has 0 aromatic rings. The third kappa shape index (κ3) is 36.1. The summed E-state index contributed by atoms with van der Waals surface area (Å²) in [6.07, 6.45) is 41.0. The van der Waals surface area contributed by atoms with E-state index in [9.17, 15) is 38.2 Å². The minimum atomic E-state index is -5.08. The third-order valence-corrected chi connectivity index (χ3v) is 14.1. The van der Waals surface area contributed by atoms with E-state index in [1.54, 1.807) is 0 Å². The zero-order chi connectivity index (χ0) is 48.4. The minimum absolute atomic E-state index is 0.223. The fraction of sp³-hybridized carbons (Fsp3) is 0.981. The monoisotopic (exact) mass is 964 g/mol. The summed E-state index contributed by atoms with van der Waals surface area (Å²) in [5, 5.41) is 45.1. The summed E-state index contributed by atoms with van der Waals surface area (Å²) >= 11 is 0. The number of carbonyl (C=O) groups excluding carboxylic acids is 1. The number of rotatable bonds is 49. The van der Waals surface area contributed by atoms with Crippen LogP contribution in [-0.4, -0.2) is 95.4 Å². The number of aliphatic hydroxyl groups excluding tert-OH is 4. The first-order valence-electron chi connectivity index (χ1n) is 27.9. The Morgan fingerprint density at radius 3 is 1.21 bits per heavy atom. The van der Waals surface area contributed by atoms with Gasteiger partial charge < -0.3 is 35.2 Å². The zero-order valence-corrected chi connectivity index (χ0v) is 43.4. The van der Waals surface area contributed by atoms with Crippen LogP contribution in [0.25, 0.3) is 0 Å². The van der Waals surface area contributed by atoms with Crippen LogP contribution < -0.4 is 5.32 Å². The van der Waals surface area contributed by atoms with E-state index >= 15 is 0 Å². The molecule has 0 spiro atoms. The standard InChI is InChI=1S/C53H105NO11S/c1-3-5-7-9-11-13-15-17-19-21-22-23-24-25-26-27-28-30-32-34-36-38-40-42-47(56)46(45-63-53-51(59)52(65-66(60,61)62)50(58)48(44-55)64-53)54-49(57)43-41-39-37-35-33-31-29-20-18-16-14-12-10-8-6-4-2/h46-48,50-53,55-56,58-59H,3-45H2,1-2H3,(H,54,57)(H,60,61,62). The van der Waals surface area contributed by atoms with Crippen molar-refractivity contribution in [1.29, 1.82) is 0 Å². The van der Waals surface area contributed by atoms with Crippen LogP contribution in [0.5, 0.6) is 0 Å². The van der Waals surface area contributed by atoms with Crippen molar-refractivity contribution in [3.05, 3.63) is 0 Å². The SMILES string of the molecule is CCCCCCCCCCCCCCCCCCCCCCCCCC(O)C(COC1OC(CO)C(O)C(OS(=O)(=O)O)C1O)NC(=O)CCCCCCCCCCCCCCCCCC. The molecule has 0 aromatic carbocycles. The predicted octanol–water partition coefficient (Wildman–Crippen LogP) is 12.5. The van der Waals surface area contributed by atoms with Crippen LogP contribution in [0.1, 0.15) is 277 Å². The Labute approximate surface area is 405 Å². The fourth-order valence-corrected chi connectivity index (χ4v) is 9.85. The van der Waals surface area contributed by atoms with Crippen LogP contribution in [0.15, 0.2) is 0 Å². The van der Waals surface area contributed by atoms with Crippen molar-refractivity contribution in [3.8, 4) is 0 Å². The summed E-state index contributed by atoms with van der Waals surface area (Å²) in [5.41, 5.74) is 0. The molecule has 0 bridgehead atoms. The van der Waals surface area contributed by atoms with Crippen molar-refractivity contribution < 1.29 is 51.8 Å². The number of ether oxygens (including phenoxy) is 2. The van der Waals surface area contributed by atoms with E-state index in [2.05, 4.69) is 23.3 Å². The normalized spacial score (nSPS) is 19.9. The summed E-state index contributed by atoms with van der Waals surface area (Å²) in [6.45, 7) is 3.49. The molecule has 1 amide bonds. The van der Waals surface area contributed by atoms with E-state index in [-0.39, 0.29) is 12.5 Å². The number of nitrogens with one attached hydrogen (secondary N) is 1. The number of carbonyl (C=O) groups is 1. The van der Waals surface area contributed by atoms with E-state index in [1.807, 2.05) is 0 Å². The highest BCUT2D eigenvalue weighted by atomic mass is 32.3. The number of unbranched alkanes of at least 4 members (excludes halogenated alkanes) is 37. The summed E-state index contributed by atoms with van der Waals surface area (Å²) in [6, 6.07) is -0.852. The smallest absolute Gasteiger partial charge is 0.394 e. The number of hydrogen-bond acceptors (Lipinski definition) is 10. The predicted molar refractivity (Wildman–Crippen MR) is 269 cm³/mol. The van der Waals surface area contributed by atoms with Crippen molar-refractivity contribution in [3.63, 3.8) is 0 Å². The molecule has 7 unspecified atom stereocenters. The quantitative estimate of drug-likeness (QED) is 0.0251. The molecule has 0 saturated carbocycles. The number of hydrogen-bond donors (Lipinski definition) is 6.